The predicted octanol–water partition coefficient (Wildman–Crippen LogP) is 1.95. The van der Waals surface area contributed by atoms with Crippen LogP contribution < -0.4 is 5.73 Å². The Morgan fingerprint density at radius 2 is 2.16 bits per heavy atom. The summed E-state index contributed by atoms with van der Waals surface area (Å²) in [5.41, 5.74) is 7.65. The molecule has 0 spiro atoms. The van der Waals surface area contributed by atoms with Gasteiger partial charge in [-0.1, -0.05) is 28.1 Å². The van der Waals surface area contributed by atoms with Gasteiger partial charge in [-0.25, -0.2) is 0 Å². The fourth-order valence-electron chi connectivity index (χ4n) is 2.76. The van der Waals surface area contributed by atoms with E-state index in [1.807, 2.05) is 0 Å². The van der Waals surface area contributed by atoms with Crippen LogP contribution in [0.15, 0.2) is 28.7 Å². The summed E-state index contributed by atoms with van der Waals surface area (Å²) in [6.07, 6.45) is 2.01. The van der Waals surface area contributed by atoms with E-state index in [0.717, 1.165) is 36.9 Å². The molecule has 0 amide bonds. The Hall–Kier alpha value is -0.420. The molecule has 2 atom stereocenters. The summed E-state index contributed by atoms with van der Waals surface area (Å²) in [6, 6.07) is 9.26. The van der Waals surface area contributed by atoms with Crippen molar-refractivity contribution in [2.45, 2.75) is 24.9 Å². The lowest BCUT2D eigenvalue weighted by atomic mass is 9.98. The minimum absolute atomic E-state index is 0.230. The van der Waals surface area contributed by atoms with E-state index in [1.165, 1.54) is 5.56 Å². The zero-order valence-electron chi connectivity index (χ0n) is 11.8. The van der Waals surface area contributed by atoms with E-state index in [9.17, 15) is 0 Å². The van der Waals surface area contributed by atoms with Gasteiger partial charge in [-0.2, -0.15) is 0 Å². The van der Waals surface area contributed by atoms with Crippen LogP contribution in [0.25, 0.3) is 0 Å². The summed E-state index contributed by atoms with van der Waals surface area (Å²) in [5.74, 6) is 0. The molecule has 1 aliphatic rings. The molecule has 1 aromatic carbocycles. The Morgan fingerprint density at radius 1 is 1.37 bits per heavy atom. The van der Waals surface area contributed by atoms with Crippen LogP contribution in [0.1, 0.15) is 12.0 Å². The first-order valence-corrected chi connectivity index (χ1v) is 7.72. The quantitative estimate of drug-likeness (QED) is 0.918. The maximum Gasteiger partial charge on any atom is 0.0235 e. The zero-order valence-corrected chi connectivity index (χ0v) is 13.4. The predicted molar refractivity (Wildman–Crippen MR) is 84.4 cm³/mol. The second-order valence-corrected chi connectivity index (χ2v) is 6.64. The monoisotopic (exact) mass is 325 g/mol. The Morgan fingerprint density at radius 3 is 2.89 bits per heavy atom. The number of rotatable bonds is 4. The third-order valence-corrected chi connectivity index (χ3v) is 4.44. The van der Waals surface area contributed by atoms with Gasteiger partial charge in [0.1, 0.15) is 0 Å². The summed E-state index contributed by atoms with van der Waals surface area (Å²) in [6.45, 7) is 3.43. The van der Waals surface area contributed by atoms with Crippen molar-refractivity contribution in [3.8, 4) is 0 Å². The number of nitrogens with zero attached hydrogens (tertiary/aromatic N) is 2. The van der Waals surface area contributed by atoms with Crippen LogP contribution in [0.4, 0.5) is 0 Å². The Labute approximate surface area is 124 Å². The molecule has 106 valence electrons. The largest absolute Gasteiger partial charge is 0.327 e. The fraction of sp³-hybridized carbons (Fsp3) is 0.600. The van der Waals surface area contributed by atoms with Crippen molar-refractivity contribution in [3.63, 3.8) is 0 Å². The normalized spacial score (nSPS) is 23.5. The van der Waals surface area contributed by atoms with Gasteiger partial charge in [0.2, 0.25) is 0 Å². The Bertz CT molecular complexity index is 410. The fourth-order valence-corrected chi connectivity index (χ4v) is 3.20. The maximum absolute atomic E-state index is 6.33. The topological polar surface area (TPSA) is 32.5 Å². The minimum atomic E-state index is 0.230. The molecule has 1 heterocycles. The molecular weight excluding hydrogens is 302 g/mol. The highest BCUT2D eigenvalue weighted by molar-refractivity contribution is 9.10. The molecule has 2 N–H and O–H groups in total. The van der Waals surface area contributed by atoms with Crippen molar-refractivity contribution in [3.05, 3.63) is 34.3 Å². The lowest BCUT2D eigenvalue weighted by molar-refractivity contribution is 0.104. The van der Waals surface area contributed by atoms with Gasteiger partial charge in [0.25, 0.3) is 0 Å². The Kier molecular flexibility index (Phi) is 5.39. The molecule has 0 aliphatic carbocycles. The number of likely N-dealkylation sites (N-methyl/N-ethyl adjacent to an activating group) is 2. The third-order valence-electron chi connectivity index (χ3n) is 3.94. The van der Waals surface area contributed by atoms with Crippen molar-refractivity contribution >= 4 is 15.9 Å². The molecule has 1 aliphatic heterocycles. The molecule has 0 saturated carbocycles. The summed E-state index contributed by atoms with van der Waals surface area (Å²) >= 11 is 3.51. The van der Waals surface area contributed by atoms with Crippen LogP contribution >= 0.6 is 15.9 Å². The van der Waals surface area contributed by atoms with E-state index in [4.69, 9.17) is 5.73 Å². The van der Waals surface area contributed by atoms with Crippen LogP contribution in [-0.2, 0) is 6.42 Å². The van der Waals surface area contributed by atoms with Gasteiger partial charge in [0.05, 0.1) is 0 Å². The molecule has 19 heavy (non-hydrogen) atoms. The molecule has 1 fully saturated rings. The van der Waals surface area contributed by atoms with E-state index in [2.05, 4.69) is 64.1 Å². The number of nitrogens with two attached hydrogens (primary N) is 1. The van der Waals surface area contributed by atoms with Gasteiger partial charge >= 0.3 is 0 Å². The van der Waals surface area contributed by atoms with Crippen molar-refractivity contribution in [2.75, 3.05) is 33.7 Å². The first-order chi connectivity index (χ1) is 9.04. The third kappa shape index (κ3) is 4.56. The number of hydrogen-bond donors (Lipinski definition) is 1. The summed E-state index contributed by atoms with van der Waals surface area (Å²) in [5, 5.41) is 0. The molecule has 4 heteroatoms. The highest BCUT2D eigenvalue weighted by atomic mass is 79.9. The number of halogens is 1. The van der Waals surface area contributed by atoms with Gasteiger partial charge in [-0.05, 0) is 44.6 Å². The second kappa shape index (κ2) is 6.84. The average Bonchev–Trinajstić information content (AvgIpc) is 2.34. The van der Waals surface area contributed by atoms with Gasteiger partial charge in [0, 0.05) is 36.2 Å². The molecule has 0 aromatic heterocycles. The highest BCUT2D eigenvalue weighted by Crippen LogP contribution is 2.16. The number of piperazine rings is 1. The van der Waals surface area contributed by atoms with Crippen molar-refractivity contribution in [1.29, 1.82) is 0 Å². The van der Waals surface area contributed by atoms with Gasteiger partial charge in [-0.15, -0.1) is 0 Å². The number of benzene rings is 1. The van der Waals surface area contributed by atoms with E-state index in [0.29, 0.717) is 6.04 Å². The van der Waals surface area contributed by atoms with E-state index >= 15 is 0 Å². The lowest BCUT2D eigenvalue weighted by Gasteiger charge is -2.38. The molecule has 1 aromatic rings. The van der Waals surface area contributed by atoms with Crippen LogP contribution in [0.2, 0.25) is 0 Å². The van der Waals surface area contributed by atoms with Crippen LogP contribution in [0.5, 0.6) is 0 Å². The minimum Gasteiger partial charge on any atom is -0.327 e. The van der Waals surface area contributed by atoms with Crippen LogP contribution in [0, 0.1) is 0 Å². The molecule has 2 unspecified atom stereocenters. The standard InChI is InChI=1S/C15H24BrN3/c1-18-6-7-19(2)15(11-18)10-14(17)9-12-4-3-5-13(16)8-12/h3-5,8,14-15H,6-7,9-11,17H2,1-2H3. The first-order valence-electron chi connectivity index (χ1n) is 6.93. The van der Waals surface area contributed by atoms with Crippen molar-refractivity contribution in [2.24, 2.45) is 5.73 Å². The van der Waals surface area contributed by atoms with Crippen molar-refractivity contribution in [1.82, 2.24) is 9.80 Å². The SMILES string of the molecule is CN1CCN(C)C(CC(N)Cc2cccc(Br)c2)C1. The van der Waals surface area contributed by atoms with Crippen molar-refractivity contribution < 1.29 is 0 Å². The molecular formula is C15H24BrN3. The molecule has 0 radical (unpaired) electrons. The van der Waals surface area contributed by atoms with Crippen LogP contribution in [-0.4, -0.2) is 55.6 Å². The maximum atomic E-state index is 6.33. The molecule has 2 rings (SSSR count). The zero-order chi connectivity index (χ0) is 13.8. The Balaban J connectivity index is 1.88. The molecule has 1 saturated heterocycles. The first kappa shape index (κ1) is 15.0. The average molecular weight is 326 g/mol. The second-order valence-electron chi connectivity index (χ2n) is 5.73. The molecule has 3 nitrogen and oxygen atoms in total. The summed E-state index contributed by atoms with van der Waals surface area (Å²) in [7, 11) is 4.41. The molecule has 0 bridgehead atoms. The highest BCUT2D eigenvalue weighted by Gasteiger charge is 2.23. The van der Waals surface area contributed by atoms with Gasteiger partial charge in [-0.3, -0.25) is 0 Å². The van der Waals surface area contributed by atoms with Gasteiger partial charge < -0.3 is 15.5 Å². The number of hydrogen-bond acceptors (Lipinski definition) is 3. The summed E-state index contributed by atoms with van der Waals surface area (Å²) in [4.78, 5) is 4.84. The lowest BCUT2D eigenvalue weighted by Crippen LogP contribution is -2.51. The van der Waals surface area contributed by atoms with E-state index in [-0.39, 0.29) is 6.04 Å². The van der Waals surface area contributed by atoms with E-state index in [1.54, 1.807) is 0 Å². The van der Waals surface area contributed by atoms with Gasteiger partial charge in [0.15, 0.2) is 0 Å². The van der Waals surface area contributed by atoms with Crippen LogP contribution in [0.3, 0.4) is 0 Å². The smallest absolute Gasteiger partial charge is 0.0235 e. The summed E-state index contributed by atoms with van der Waals surface area (Å²) < 4.78 is 1.13. The van der Waals surface area contributed by atoms with E-state index < -0.39 is 0 Å².